The van der Waals surface area contributed by atoms with Gasteiger partial charge < -0.3 is 15.8 Å². The molecule has 2 atom stereocenters. The van der Waals surface area contributed by atoms with Crippen molar-refractivity contribution in [3.8, 4) is 0 Å². The van der Waals surface area contributed by atoms with Gasteiger partial charge in [0.2, 0.25) is 5.91 Å². The quantitative estimate of drug-likeness (QED) is 0.640. The molecule has 6 heteroatoms. The predicted octanol–water partition coefficient (Wildman–Crippen LogP) is 0.771. The average Bonchev–Trinajstić information content (AvgIpc) is 2.32. The van der Waals surface area contributed by atoms with Gasteiger partial charge in [0.1, 0.15) is 6.04 Å². The Kier molecular flexibility index (Phi) is 8.83. The van der Waals surface area contributed by atoms with Gasteiger partial charge in [-0.3, -0.25) is 4.79 Å². The van der Waals surface area contributed by atoms with Crippen molar-refractivity contribution in [1.82, 2.24) is 5.32 Å². The molecular formula is C12H24N2O3S. The summed E-state index contributed by atoms with van der Waals surface area (Å²) in [6.45, 7) is 4.00. The minimum absolute atomic E-state index is 0.291. The molecule has 0 rings (SSSR count). The van der Waals surface area contributed by atoms with Gasteiger partial charge in [0.15, 0.2) is 0 Å². The molecule has 0 fully saturated rings. The molecule has 18 heavy (non-hydrogen) atoms. The van der Waals surface area contributed by atoms with Crippen molar-refractivity contribution < 1.29 is 14.3 Å². The molecule has 0 aliphatic heterocycles. The van der Waals surface area contributed by atoms with Crippen LogP contribution in [0.5, 0.6) is 0 Å². The zero-order valence-electron chi connectivity index (χ0n) is 11.6. The minimum Gasteiger partial charge on any atom is -0.467 e. The molecule has 0 aromatic carbocycles. The molecule has 0 saturated carbocycles. The van der Waals surface area contributed by atoms with Gasteiger partial charge in [-0.15, -0.1) is 0 Å². The van der Waals surface area contributed by atoms with Crippen molar-refractivity contribution in [3.63, 3.8) is 0 Å². The number of methoxy groups -OCH3 is 1. The van der Waals surface area contributed by atoms with Crippen LogP contribution in [0.2, 0.25) is 0 Å². The van der Waals surface area contributed by atoms with E-state index in [4.69, 9.17) is 5.73 Å². The van der Waals surface area contributed by atoms with Crippen LogP contribution in [0.25, 0.3) is 0 Å². The molecule has 106 valence electrons. The second-order valence-electron chi connectivity index (χ2n) is 4.60. The van der Waals surface area contributed by atoms with Gasteiger partial charge in [-0.05, 0) is 30.8 Å². The Bertz CT molecular complexity index is 272. The number of ether oxygens (including phenoxy) is 1. The number of hydrogen-bond donors (Lipinski definition) is 2. The Morgan fingerprint density at radius 3 is 2.44 bits per heavy atom. The van der Waals surface area contributed by atoms with Crippen molar-refractivity contribution in [1.29, 1.82) is 0 Å². The van der Waals surface area contributed by atoms with E-state index in [1.165, 1.54) is 7.11 Å². The fraction of sp³-hybridized carbons (Fsp3) is 0.833. The molecule has 0 aliphatic carbocycles. The number of carbonyl (C=O) groups excluding carboxylic acids is 2. The third kappa shape index (κ3) is 6.86. The Morgan fingerprint density at radius 2 is 2.00 bits per heavy atom. The van der Waals surface area contributed by atoms with Crippen molar-refractivity contribution in [2.45, 2.75) is 38.8 Å². The van der Waals surface area contributed by atoms with Crippen LogP contribution >= 0.6 is 11.8 Å². The van der Waals surface area contributed by atoms with E-state index in [1.54, 1.807) is 11.8 Å². The predicted molar refractivity (Wildman–Crippen MR) is 74.4 cm³/mol. The molecule has 0 bridgehead atoms. The number of carbonyl (C=O) groups is 2. The molecule has 0 aromatic rings. The van der Waals surface area contributed by atoms with Gasteiger partial charge in [0, 0.05) is 0 Å². The van der Waals surface area contributed by atoms with Gasteiger partial charge in [-0.25, -0.2) is 4.79 Å². The maximum absolute atomic E-state index is 11.8. The summed E-state index contributed by atoms with van der Waals surface area (Å²) in [5.74, 6) is 0.405. The third-order valence-electron chi connectivity index (χ3n) is 2.47. The number of amides is 1. The van der Waals surface area contributed by atoms with E-state index < -0.39 is 18.1 Å². The molecule has 5 nitrogen and oxygen atoms in total. The second kappa shape index (κ2) is 9.22. The Hall–Kier alpha value is -0.750. The van der Waals surface area contributed by atoms with Crippen molar-refractivity contribution >= 4 is 23.6 Å². The van der Waals surface area contributed by atoms with Crippen LogP contribution in [0.1, 0.15) is 26.7 Å². The Morgan fingerprint density at radius 1 is 1.39 bits per heavy atom. The summed E-state index contributed by atoms with van der Waals surface area (Å²) in [6, 6.07) is -1.18. The SMILES string of the molecule is COC(=O)[C@H](CCSC)NC(=O)[C@@H](N)CC(C)C. The van der Waals surface area contributed by atoms with E-state index in [0.29, 0.717) is 18.8 Å². The lowest BCUT2D eigenvalue weighted by Crippen LogP contribution is -2.49. The van der Waals surface area contributed by atoms with Crippen LogP contribution in [0.15, 0.2) is 0 Å². The second-order valence-corrected chi connectivity index (χ2v) is 5.59. The zero-order chi connectivity index (χ0) is 14.1. The van der Waals surface area contributed by atoms with Gasteiger partial charge in [0.05, 0.1) is 13.2 Å². The van der Waals surface area contributed by atoms with Crippen molar-refractivity contribution in [2.24, 2.45) is 11.7 Å². The summed E-state index contributed by atoms with van der Waals surface area (Å²) in [4.78, 5) is 23.3. The van der Waals surface area contributed by atoms with Gasteiger partial charge in [-0.2, -0.15) is 11.8 Å². The van der Waals surface area contributed by atoms with E-state index in [-0.39, 0.29) is 5.91 Å². The first kappa shape index (κ1) is 17.2. The summed E-state index contributed by atoms with van der Waals surface area (Å²) >= 11 is 1.61. The number of rotatable bonds is 8. The zero-order valence-corrected chi connectivity index (χ0v) is 12.4. The first-order chi connectivity index (χ1) is 8.42. The largest absolute Gasteiger partial charge is 0.467 e. The number of nitrogens with two attached hydrogens (primary N) is 1. The number of esters is 1. The van der Waals surface area contributed by atoms with Crippen LogP contribution < -0.4 is 11.1 Å². The van der Waals surface area contributed by atoms with Gasteiger partial charge in [0.25, 0.3) is 0 Å². The minimum atomic E-state index is -0.604. The van der Waals surface area contributed by atoms with Crippen LogP contribution in [-0.4, -0.2) is 43.1 Å². The summed E-state index contributed by atoms with van der Waals surface area (Å²) in [5, 5.41) is 2.66. The van der Waals surface area contributed by atoms with E-state index in [2.05, 4.69) is 10.1 Å². The lowest BCUT2D eigenvalue weighted by Gasteiger charge is -2.19. The summed E-state index contributed by atoms with van der Waals surface area (Å²) in [7, 11) is 1.31. The van der Waals surface area contributed by atoms with Crippen LogP contribution in [0, 0.1) is 5.92 Å². The normalized spacial score (nSPS) is 14.1. The van der Waals surface area contributed by atoms with E-state index >= 15 is 0 Å². The van der Waals surface area contributed by atoms with Crippen LogP contribution in [0.3, 0.4) is 0 Å². The average molecular weight is 276 g/mol. The lowest BCUT2D eigenvalue weighted by molar-refractivity contribution is -0.145. The molecule has 3 N–H and O–H groups in total. The van der Waals surface area contributed by atoms with E-state index in [1.807, 2.05) is 20.1 Å². The van der Waals surface area contributed by atoms with Gasteiger partial charge >= 0.3 is 5.97 Å². The maximum Gasteiger partial charge on any atom is 0.328 e. The molecule has 0 radical (unpaired) electrons. The first-order valence-corrected chi connectivity index (χ1v) is 7.44. The van der Waals surface area contributed by atoms with Crippen molar-refractivity contribution in [2.75, 3.05) is 19.1 Å². The van der Waals surface area contributed by atoms with E-state index in [9.17, 15) is 9.59 Å². The summed E-state index contributed by atoms with van der Waals surface area (Å²) in [6.07, 6.45) is 3.09. The first-order valence-electron chi connectivity index (χ1n) is 6.05. The molecule has 0 saturated heterocycles. The lowest BCUT2D eigenvalue weighted by atomic mass is 10.0. The highest BCUT2D eigenvalue weighted by atomic mass is 32.2. The summed E-state index contributed by atoms with van der Waals surface area (Å²) < 4.78 is 4.67. The highest BCUT2D eigenvalue weighted by Crippen LogP contribution is 2.06. The number of thioether (sulfide) groups is 1. The molecule has 0 aromatic heterocycles. The van der Waals surface area contributed by atoms with Crippen LogP contribution in [-0.2, 0) is 14.3 Å². The summed E-state index contributed by atoms with van der Waals surface area (Å²) in [5.41, 5.74) is 5.77. The highest BCUT2D eigenvalue weighted by Gasteiger charge is 2.24. The molecule has 0 spiro atoms. The van der Waals surface area contributed by atoms with Crippen LogP contribution in [0.4, 0.5) is 0 Å². The molecule has 1 amide bonds. The molecule has 0 unspecified atom stereocenters. The maximum atomic E-state index is 11.8. The highest BCUT2D eigenvalue weighted by molar-refractivity contribution is 7.98. The smallest absolute Gasteiger partial charge is 0.328 e. The Balaban J connectivity index is 4.37. The third-order valence-corrected chi connectivity index (χ3v) is 3.12. The van der Waals surface area contributed by atoms with E-state index in [0.717, 1.165) is 5.75 Å². The standard InChI is InChI=1S/C12H24N2O3S/c1-8(2)7-9(13)11(15)14-10(5-6-18-4)12(16)17-3/h8-10H,5-7,13H2,1-4H3,(H,14,15)/t9-,10-/m0/s1. The monoisotopic (exact) mass is 276 g/mol. The number of hydrogen-bond acceptors (Lipinski definition) is 5. The molecule has 0 aliphatic rings. The topological polar surface area (TPSA) is 81.4 Å². The number of nitrogens with one attached hydrogen (secondary N) is 1. The molecule has 0 heterocycles. The van der Waals surface area contributed by atoms with Crippen molar-refractivity contribution in [3.05, 3.63) is 0 Å². The fourth-order valence-electron chi connectivity index (χ4n) is 1.52. The molecular weight excluding hydrogens is 252 g/mol. The Labute approximate surface area is 113 Å². The fourth-order valence-corrected chi connectivity index (χ4v) is 1.99. The van der Waals surface area contributed by atoms with Gasteiger partial charge in [-0.1, -0.05) is 13.8 Å².